The number of hydrogen-bond donors (Lipinski definition) is 3. The van der Waals surface area contributed by atoms with E-state index in [0.717, 1.165) is 11.1 Å². The molecule has 138 valence electrons. The molecular formula is C20H23NO5. The van der Waals surface area contributed by atoms with Crippen LogP contribution < -0.4 is 5.32 Å². The number of carbonyl (C=O) groups excluding carboxylic acids is 1. The van der Waals surface area contributed by atoms with Crippen molar-refractivity contribution in [3.05, 3.63) is 65.7 Å². The van der Waals surface area contributed by atoms with E-state index in [1.165, 1.54) is 0 Å². The first-order valence-corrected chi connectivity index (χ1v) is 8.53. The molecule has 1 aliphatic heterocycles. The van der Waals surface area contributed by atoms with Gasteiger partial charge in [0, 0.05) is 0 Å². The van der Waals surface area contributed by atoms with Crippen molar-refractivity contribution in [3.8, 4) is 5.75 Å². The summed E-state index contributed by atoms with van der Waals surface area (Å²) in [5.41, 5.74) is 1.10. The average Bonchev–Trinajstić information content (AvgIpc) is 3.40. The van der Waals surface area contributed by atoms with Crippen LogP contribution in [0.4, 0.5) is 4.79 Å². The molecule has 1 fully saturated rings. The van der Waals surface area contributed by atoms with E-state index >= 15 is 0 Å². The number of carbonyl (C=O) groups is 1. The average molecular weight is 357 g/mol. The molecule has 1 aliphatic rings. The molecular weight excluding hydrogens is 334 g/mol. The first-order valence-electron chi connectivity index (χ1n) is 8.53. The van der Waals surface area contributed by atoms with Crippen molar-refractivity contribution in [3.63, 3.8) is 0 Å². The molecule has 3 unspecified atom stereocenters. The van der Waals surface area contributed by atoms with E-state index in [1.807, 2.05) is 30.3 Å². The van der Waals surface area contributed by atoms with Crippen molar-refractivity contribution in [2.75, 3.05) is 6.61 Å². The van der Waals surface area contributed by atoms with Crippen LogP contribution in [0, 0.1) is 0 Å². The molecule has 2 aromatic rings. The standard InChI is InChI=1S/C20H23NO5/c1-20(13-26-20)18(23)17(11-14-7-9-16(22)10-8-14)21-19(24)25-12-15-5-3-2-4-6-15/h2-10,17-18,22-23H,11-13H2,1H3,(H,21,24). The molecule has 0 radical (unpaired) electrons. The maximum Gasteiger partial charge on any atom is 0.407 e. The van der Waals surface area contributed by atoms with Crippen LogP contribution in [0.15, 0.2) is 54.6 Å². The third-order valence-electron chi connectivity index (χ3n) is 4.51. The molecule has 0 aliphatic carbocycles. The van der Waals surface area contributed by atoms with Gasteiger partial charge in [0.25, 0.3) is 0 Å². The summed E-state index contributed by atoms with van der Waals surface area (Å²) in [5.74, 6) is 0.165. The Hall–Kier alpha value is -2.57. The van der Waals surface area contributed by atoms with Gasteiger partial charge in [-0.05, 0) is 36.6 Å². The Morgan fingerprint density at radius 3 is 2.46 bits per heavy atom. The molecule has 0 aromatic heterocycles. The number of hydrogen-bond acceptors (Lipinski definition) is 5. The van der Waals surface area contributed by atoms with Crippen molar-refractivity contribution in [2.45, 2.75) is 37.7 Å². The van der Waals surface area contributed by atoms with Crippen molar-refractivity contribution >= 4 is 6.09 Å². The molecule has 1 heterocycles. The van der Waals surface area contributed by atoms with Crippen LogP contribution in [0.2, 0.25) is 0 Å². The first kappa shape index (κ1) is 18.2. The molecule has 3 N–H and O–H groups in total. The predicted octanol–water partition coefficient (Wildman–Crippen LogP) is 2.38. The monoisotopic (exact) mass is 357 g/mol. The van der Waals surface area contributed by atoms with Gasteiger partial charge < -0.3 is 25.0 Å². The zero-order valence-electron chi connectivity index (χ0n) is 14.6. The van der Waals surface area contributed by atoms with Crippen LogP contribution in [-0.4, -0.2) is 40.7 Å². The highest BCUT2D eigenvalue weighted by molar-refractivity contribution is 5.67. The Bertz CT molecular complexity index is 728. The maximum atomic E-state index is 12.2. The van der Waals surface area contributed by atoms with Gasteiger partial charge in [-0.1, -0.05) is 42.5 Å². The number of aromatic hydroxyl groups is 1. The summed E-state index contributed by atoms with van der Waals surface area (Å²) in [7, 11) is 0. The predicted molar refractivity (Wildman–Crippen MR) is 95.7 cm³/mol. The highest BCUT2D eigenvalue weighted by atomic mass is 16.6. The number of phenolic OH excluding ortho intramolecular Hbond substituents is 1. The van der Waals surface area contributed by atoms with Gasteiger partial charge >= 0.3 is 6.09 Å². The number of aliphatic hydroxyl groups excluding tert-OH is 1. The molecule has 0 saturated carbocycles. The van der Waals surface area contributed by atoms with E-state index in [-0.39, 0.29) is 12.4 Å². The minimum absolute atomic E-state index is 0.155. The Labute approximate surface area is 152 Å². The summed E-state index contributed by atoms with van der Waals surface area (Å²) >= 11 is 0. The smallest absolute Gasteiger partial charge is 0.407 e. The molecule has 6 heteroatoms. The van der Waals surface area contributed by atoms with Gasteiger partial charge in [0.2, 0.25) is 0 Å². The second kappa shape index (κ2) is 7.76. The van der Waals surface area contributed by atoms with Gasteiger partial charge in [0.15, 0.2) is 0 Å². The van der Waals surface area contributed by atoms with Gasteiger partial charge in [0.1, 0.15) is 24.1 Å². The summed E-state index contributed by atoms with van der Waals surface area (Å²) in [6, 6.07) is 15.5. The minimum atomic E-state index is -0.874. The largest absolute Gasteiger partial charge is 0.508 e. The van der Waals surface area contributed by atoms with E-state index in [2.05, 4.69) is 5.32 Å². The lowest BCUT2D eigenvalue weighted by Crippen LogP contribution is -2.50. The van der Waals surface area contributed by atoms with E-state index in [0.29, 0.717) is 13.0 Å². The van der Waals surface area contributed by atoms with Crippen LogP contribution in [0.5, 0.6) is 5.75 Å². The molecule has 6 nitrogen and oxygen atoms in total. The quantitative estimate of drug-likeness (QED) is 0.662. The Morgan fingerprint density at radius 1 is 1.19 bits per heavy atom. The molecule has 3 rings (SSSR count). The molecule has 0 spiro atoms. The number of epoxide rings is 1. The highest BCUT2D eigenvalue weighted by Crippen LogP contribution is 2.32. The van der Waals surface area contributed by atoms with Crippen molar-refractivity contribution in [1.29, 1.82) is 0 Å². The van der Waals surface area contributed by atoms with Crippen molar-refractivity contribution < 1.29 is 24.5 Å². The van der Waals surface area contributed by atoms with Crippen LogP contribution in [0.1, 0.15) is 18.1 Å². The Morgan fingerprint density at radius 2 is 1.85 bits per heavy atom. The van der Waals surface area contributed by atoms with E-state index in [9.17, 15) is 15.0 Å². The van der Waals surface area contributed by atoms with Crippen LogP contribution >= 0.6 is 0 Å². The molecule has 0 bridgehead atoms. The topological polar surface area (TPSA) is 91.3 Å². The number of amides is 1. The number of alkyl carbamates (subject to hydrolysis) is 1. The van der Waals surface area contributed by atoms with Crippen LogP contribution in [-0.2, 0) is 22.5 Å². The molecule has 2 aromatic carbocycles. The lowest BCUT2D eigenvalue weighted by atomic mass is 9.93. The fraction of sp³-hybridized carbons (Fsp3) is 0.350. The summed E-state index contributed by atoms with van der Waals surface area (Å²) in [6.45, 7) is 2.40. The van der Waals surface area contributed by atoms with E-state index < -0.39 is 23.8 Å². The third-order valence-corrected chi connectivity index (χ3v) is 4.51. The van der Waals surface area contributed by atoms with Crippen LogP contribution in [0.3, 0.4) is 0 Å². The number of phenols is 1. The minimum Gasteiger partial charge on any atom is -0.508 e. The number of ether oxygens (including phenoxy) is 2. The van der Waals surface area contributed by atoms with Gasteiger partial charge in [-0.25, -0.2) is 4.79 Å². The number of benzene rings is 2. The molecule has 1 saturated heterocycles. The molecule has 1 amide bonds. The summed E-state index contributed by atoms with van der Waals surface area (Å²) in [4.78, 5) is 12.2. The van der Waals surface area contributed by atoms with Crippen molar-refractivity contribution in [2.24, 2.45) is 0 Å². The molecule has 26 heavy (non-hydrogen) atoms. The van der Waals surface area contributed by atoms with Crippen LogP contribution in [0.25, 0.3) is 0 Å². The fourth-order valence-corrected chi connectivity index (χ4v) is 2.75. The van der Waals surface area contributed by atoms with Gasteiger partial charge in [-0.2, -0.15) is 0 Å². The Balaban J connectivity index is 1.62. The lowest BCUT2D eigenvalue weighted by molar-refractivity contribution is 0.0469. The first-order chi connectivity index (χ1) is 12.5. The summed E-state index contributed by atoms with van der Waals surface area (Å²) in [6.07, 6.45) is -1.08. The molecule has 3 atom stereocenters. The van der Waals surface area contributed by atoms with Gasteiger partial charge in [-0.3, -0.25) is 0 Å². The second-order valence-electron chi connectivity index (χ2n) is 6.73. The number of aliphatic hydroxyl groups is 1. The SMILES string of the molecule is CC1(C(O)C(Cc2ccc(O)cc2)NC(=O)OCc2ccccc2)CO1. The third kappa shape index (κ3) is 4.74. The maximum absolute atomic E-state index is 12.2. The lowest BCUT2D eigenvalue weighted by Gasteiger charge is -2.26. The zero-order chi connectivity index (χ0) is 18.6. The fourth-order valence-electron chi connectivity index (χ4n) is 2.75. The number of rotatable bonds is 7. The van der Waals surface area contributed by atoms with E-state index in [1.54, 1.807) is 31.2 Å². The normalized spacial score (nSPS) is 20.8. The second-order valence-corrected chi connectivity index (χ2v) is 6.73. The van der Waals surface area contributed by atoms with Gasteiger partial charge in [-0.15, -0.1) is 0 Å². The zero-order valence-corrected chi connectivity index (χ0v) is 14.6. The van der Waals surface area contributed by atoms with Gasteiger partial charge in [0.05, 0.1) is 12.6 Å². The summed E-state index contributed by atoms with van der Waals surface area (Å²) < 4.78 is 10.6. The highest BCUT2D eigenvalue weighted by Gasteiger charge is 2.50. The number of nitrogens with one attached hydrogen (secondary N) is 1. The summed E-state index contributed by atoms with van der Waals surface area (Å²) in [5, 5.41) is 22.8. The van der Waals surface area contributed by atoms with Crippen molar-refractivity contribution in [1.82, 2.24) is 5.32 Å². The Kier molecular flexibility index (Phi) is 5.44. The van der Waals surface area contributed by atoms with E-state index in [4.69, 9.17) is 9.47 Å².